The van der Waals surface area contributed by atoms with Gasteiger partial charge in [-0.1, -0.05) is 12.1 Å². The van der Waals surface area contributed by atoms with E-state index in [2.05, 4.69) is 10.3 Å². The molecule has 0 aliphatic carbocycles. The first-order valence-electron chi connectivity index (χ1n) is 8.31. The van der Waals surface area contributed by atoms with Crippen LogP contribution in [0.4, 0.5) is 0 Å². The molecule has 3 aromatic rings. The topological polar surface area (TPSA) is 67.2 Å². The minimum Gasteiger partial charge on any atom is -0.354 e. The van der Waals surface area contributed by atoms with Crippen LogP contribution in [-0.2, 0) is 4.79 Å². The van der Waals surface area contributed by atoms with E-state index < -0.39 is 0 Å². The summed E-state index contributed by atoms with van der Waals surface area (Å²) in [6.07, 6.45) is 2.14. The summed E-state index contributed by atoms with van der Waals surface area (Å²) in [5.41, 5.74) is 3.54. The van der Waals surface area contributed by atoms with Gasteiger partial charge in [0.2, 0.25) is 5.91 Å². The van der Waals surface area contributed by atoms with E-state index in [1.54, 1.807) is 11.2 Å². The quantitative estimate of drug-likeness (QED) is 0.779. The monoisotopic (exact) mass is 334 g/mol. The number of rotatable bonds is 2. The second kappa shape index (κ2) is 6.39. The van der Waals surface area contributed by atoms with E-state index in [-0.39, 0.29) is 11.8 Å². The number of aromatic nitrogens is 2. The van der Waals surface area contributed by atoms with Gasteiger partial charge in [-0.2, -0.15) is 0 Å². The summed E-state index contributed by atoms with van der Waals surface area (Å²) in [7, 11) is 0. The third-order valence-corrected chi connectivity index (χ3v) is 4.45. The van der Waals surface area contributed by atoms with E-state index >= 15 is 0 Å². The molecule has 0 atom stereocenters. The van der Waals surface area contributed by atoms with Crippen molar-refractivity contribution in [3.05, 3.63) is 60.4 Å². The number of fused-ring (bicyclic) bond motifs is 1. The lowest BCUT2D eigenvalue weighted by molar-refractivity contribution is -0.120. The average Bonchev–Trinajstić information content (AvgIpc) is 2.96. The summed E-state index contributed by atoms with van der Waals surface area (Å²) in [5, 5.41) is 2.78. The van der Waals surface area contributed by atoms with Crippen LogP contribution >= 0.6 is 0 Å². The molecule has 0 spiro atoms. The van der Waals surface area contributed by atoms with Gasteiger partial charge >= 0.3 is 0 Å². The van der Waals surface area contributed by atoms with Crippen LogP contribution in [0.15, 0.2) is 54.9 Å². The van der Waals surface area contributed by atoms with Gasteiger partial charge in [0.15, 0.2) is 0 Å². The van der Waals surface area contributed by atoms with Crippen molar-refractivity contribution in [3.8, 4) is 5.69 Å². The number of hydrogen-bond donors (Lipinski definition) is 1. The minimum atomic E-state index is -0.0430. The number of benzene rings is 2. The molecular weight excluding hydrogens is 316 g/mol. The van der Waals surface area contributed by atoms with E-state index in [0.29, 0.717) is 31.6 Å². The predicted molar refractivity (Wildman–Crippen MR) is 94.6 cm³/mol. The van der Waals surface area contributed by atoms with Crippen LogP contribution in [0.3, 0.4) is 0 Å². The summed E-state index contributed by atoms with van der Waals surface area (Å²) in [4.78, 5) is 30.2. The lowest BCUT2D eigenvalue weighted by Gasteiger charge is -2.19. The van der Waals surface area contributed by atoms with E-state index in [4.69, 9.17) is 0 Å². The SMILES string of the molecule is O=C1CCN(C(=O)c2ccc(-n3cnc4ccccc43)cc2)CCN1. The fourth-order valence-electron chi connectivity index (χ4n) is 3.08. The number of nitrogens with zero attached hydrogens (tertiary/aromatic N) is 3. The van der Waals surface area contributed by atoms with Crippen LogP contribution in [0.1, 0.15) is 16.8 Å². The molecule has 0 unspecified atom stereocenters. The summed E-state index contributed by atoms with van der Waals surface area (Å²) < 4.78 is 2.00. The molecule has 1 aliphatic rings. The van der Waals surface area contributed by atoms with Gasteiger partial charge in [0.25, 0.3) is 5.91 Å². The highest BCUT2D eigenvalue weighted by molar-refractivity contribution is 5.95. The molecular formula is C19H18N4O2. The molecule has 1 aliphatic heterocycles. The third-order valence-electron chi connectivity index (χ3n) is 4.45. The normalized spacial score (nSPS) is 15.0. The Morgan fingerprint density at radius 2 is 1.84 bits per heavy atom. The highest BCUT2D eigenvalue weighted by atomic mass is 16.2. The van der Waals surface area contributed by atoms with Gasteiger partial charge in [-0.25, -0.2) is 4.98 Å². The van der Waals surface area contributed by atoms with Crippen LogP contribution in [0.2, 0.25) is 0 Å². The molecule has 0 saturated carbocycles. The standard InChI is InChI=1S/C19H18N4O2/c24-18-9-11-22(12-10-20-18)19(25)14-5-7-15(8-6-14)23-13-21-16-3-1-2-4-17(16)23/h1-8,13H,9-12H2,(H,20,24). The van der Waals surface area contributed by atoms with E-state index in [0.717, 1.165) is 16.7 Å². The number of amides is 2. The van der Waals surface area contributed by atoms with Crippen molar-refractivity contribution in [2.75, 3.05) is 19.6 Å². The highest BCUT2D eigenvalue weighted by Gasteiger charge is 2.19. The fraction of sp³-hybridized carbons (Fsp3) is 0.211. The van der Waals surface area contributed by atoms with Gasteiger partial charge in [-0.3, -0.25) is 14.2 Å². The first-order chi connectivity index (χ1) is 12.2. The summed E-state index contributed by atoms with van der Waals surface area (Å²) in [5.74, 6) is -0.0452. The second-order valence-electron chi connectivity index (χ2n) is 6.04. The summed E-state index contributed by atoms with van der Waals surface area (Å²) >= 11 is 0. The second-order valence-corrected chi connectivity index (χ2v) is 6.04. The van der Waals surface area contributed by atoms with E-state index in [1.807, 2.05) is 53.1 Å². The molecule has 2 heterocycles. The first-order valence-corrected chi connectivity index (χ1v) is 8.31. The Balaban J connectivity index is 1.57. The molecule has 0 radical (unpaired) electrons. The van der Waals surface area contributed by atoms with Crippen LogP contribution in [0.5, 0.6) is 0 Å². The van der Waals surface area contributed by atoms with Crippen molar-refractivity contribution < 1.29 is 9.59 Å². The Bertz CT molecular complexity index is 930. The molecule has 25 heavy (non-hydrogen) atoms. The smallest absolute Gasteiger partial charge is 0.253 e. The molecule has 2 amide bonds. The molecule has 1 fully saturated rings. The van der Waals surface area contributed by atoms with Crippen molar-refractivity contribution in [2.24, 2.45) is 0 Å². The zero-order valence-corrected chi connectivity index (χ0v) is 13.7. The Kier molecular flexibility index (Phi) is 3.93. The highest BCUT2D eigenvalue weighted by Crippen LogP contribution is 2.19. The lowest BCUT2D eigenvalue weighted by atomic mass is 10.1. The zero-order chi connectivity index (χ0) is 17.2. The van der Waals surface area contributed by atoms with E-state index in [1.165, 1.54) is 0 Å². The van der Waals surface area contributed by atoms with Crippen LogP contribution < -0.4 is 5.32 Å². The molecule has 126 valence electrons. The maximum Gasteiger partial charge on any atom is 0.253 e. The Hall–Kier alpha value is -3.15. The van der Waals surface area contributed by atoms with E-state index in [9.17, 15) is 9.59 Å². The van der Waals surface area contributed by atoms with Crippen molar-refractivity contribution in [1.29, 1.82) is 0 Å². The summed E-state index contributed by atoms with van der Waals surface area (Å²) in [6, 6.07) is 15.4. The van der Waals surface area contributed by atoms with Crippen LogP contribution in [0, 0.1) is 0 Å². The molecule has 6 nitrogen and oxygen atoms in total. The number of carbonyl (C=O) groups is 2. The van der Waals surface area contributed by atoms with Crippen molar-refractivity contribution in [2.45, 2.75) is 6.42 Å². The van der Waals surface area contributed by atoms with Gasteiger partial charge in [-0.05, 0) is 36.4 Å². The van der Waals surface area contributed by atoms with Gasteiger partial charge in [-0.15, -0.1) is 0 Å². The molecule has 2 aromatic carbocycles. The molecule has 0 bridgehead atoms. The number of para-hydroxylation sites is 2. The van der Waals surface area contributed by atoms with Crippen molar-refractivity contribution >= 4 is 22.8 Å². The maximum absolute atomic E-state index is 12.6. The molecule has 1 saturated heterocycles. The molecule has 1 N–H and O–H groups in total. The number of imidazole rings is 1. The number of hydrogen-bond acceptors (Lipinski definition) is 3. The minimum absolute atomic E-state index is 0.00219. The lowest BCUT2D eigenvalue weighted by Crippen LogP contribution is -2.34. The van der Waals surface area contributed by atoms with Crippen LogP contribution in [-0.4, -0.2) is 45.9 Å². The van der Waals surface area contributed by atoms with Gasteiger partial charge < -0.3 is 10.2 Å². The average molecular weight is 334 g/mol. The maximum atomic E-state index is 12.6. The van der Waals surface area contributed by atoms with Crippen molar-refractivity contribution in [1.82, 2.24) is 19.8 Å². The van der Waals surface area contributed by atoms with Crippen molar-refractivity contribution in [3.63, 3.8) is 0 Å². The fourth-order valence-corrected chi connectivity index (χ4v) is 3.08. The third kappa shape index (κ3) is 2.98. The summed E-state index contributed by atoms with van der Waals surface area (Å²) in [6.45, 7) is 1.50. The number of nitrogens with one attached hydrogen (secondary N) is 1. The van der Waals surface area contributed by atoms with Crippen LogP contribution in [0.25, 0.3) is 16.7 Å². The Morgan fingerprint density at radius 1 is 1.04 bits per heavy atom. The first kappa shape index (κ1) is 15.4. The predicted octanol–water partition coefficient (Wildman–Crippen LogP) is 1.99. The Morgan fingerprint density at radius 3 is 2.68 bits per heavy atom. The molecule has 1 aromatic heterocycles. The zero-order valence-electron chi connectivity index (χ0n) is 13.7. The number of carbonyl (C=O) groups excluding carboxylic acids is 2. The van der Waals surface area contributed by atoms with Gasteiger partial charge in [0, 0.05) is 37.3 Å². The van der Waals surface area contributed by atoms with Gasteiger partial charge in [0.05, 0.1) is 11.0 Å². The largest absolute Gasteiger partial charge is 0.354 e. The molecule has 4 rings (SSSR count). The Labute approximate surface area is 145 Å². The molecule has 6 heteroatoms. The van der Waals surface area contributed by atoms with Gasteiger partial charge in [0.1, 0.15) is 6.33 Å².